The fourth-order valence-corrected chi connectivity index (χ4v) is 4.49. The fourth-order valence-electron chi connectivity index (χ4n) is 2.94. The molecule has 24 heavy (non-hydrogen) atoms. The largest absolute Gasteiger partial charge is 0.485 e. The van der Waals surface area contributed by atoms with Gasteiger partial charge < -0.3 is 14.7 Å². The van der Waals surface area contributed by atoms with Crippen molar-refractivity contribution in [2.24, 2.45) is 0 Å². The second-order valence-corrected chi connectivity index (χ2v) is 7.93. The molecule has 0 spiro atoms. The van der Waals surface area contributed by atoms with Gasteiger partial charge in [0.25, 0.3) is 5.91 Å². The van der Waals surface area contributed by atoms with Gasteiger partial charge >= 0.3 is 5.97 Å². The third kappa shape index (κ3) is 2.80. The van der Waals surface area contributed by atoms with E-state index in [-0.39, 0.29) is 17.8 Å². The van der Waals surface area contributed by atoms with Crippen LogP contribution >= 0.6 is 11.8 Å². The van der Waals surface area contributed by atoms with Crippen LogP contribution in [0.2, 0.25) is 0 Å². The van der Waals surface area contributed by atoms with Crippen LogP contribution in [0.25, 0.3) is 0 Å². The minimum Gasteiger partial charge on any atom is -0.485 e. The molecule has 2 atom stereocenters. The Morgan fingerprint density at radius 1 is 1.33 bits per heavy atom. The van der Waals surface area contributed by atoms with Gasteiger partial charge in [-0.15, -0.1) is 11.8 Å². The molecule has 0 radical (unpaired) electrons. The van der Waals surface area contributed by atoms with Crippen LogP contribution in [0.1, 0.15) is 13.8 Å². The number of thioether (sulfide) groups is 1. The summed E-state index contributed by atoms with van der Waals surface area (Å²) in [7, 11) is 0. The summed E-state index contributed by atoms with van der Waals surface area (Å²) in [6.07, 6.45) is 1.28. The second-order valence-electron chi connectivity index (χ2n) is 6.19. The number of aliphatic carboxylic acids is 1. The predicted molar refractivity (Wildman–Crippen MR) is 88.8 cm³/mol. The Bertz CT molecular complexity index is 728. The first-order valence-corrected chi connectivity index (χ1v) is 8.35. The highest BCUT2D eigenvalue weighted by atomic mass is 32.2. The van der Waals surface area contributed by atoms with E-state index in [9.17, 15) is 19.5 Å². The number of ketones is 1. The first kappa shape index (κ1) is 16.6. The van der Waals surface area contributed by atoms with E-state index >= 15 is 0 Å². The van der Waals surface area contributed by atoms with Crippen molar-refractivity contribution in [2.45, 2.75) is 30.0 Å². The molecule has 2 aliphatic rings. The number of hydrogen-bond donors (Lipinski definition) is 1. The Hall–Kier alpha value is -2.28. The van der Waals surface area contributed by atoms with Gasteiger partial charge in [-0.25, -0.2) is 4.79 Å². The molecule has 0 bridgehead atoms. The molecule has 126 valence electrons. The summed E-state index contributed by atoms with van der Waals surface area (Å²) in [6.45, 7) is 3.42. The van der Waals surface area contributed by atoms with Gasteiger partial charge in [0.2, 0.25) is 0 Å². The zero-order chi connectivity index (χ0) is 17.5. The molecular formula is C17H17NO5S. The maximum Gasteiger partial charge on any atom is 0.327 e. The summed E-state index contributed by atoms with van der Waals surface area (Å²) in [6, 6.07) is 8.04. The van der Waals surface area contributed by atoms with E-state index < -0.39 is 22.7 Å². The second kappa shape index (κ2) is 5.98. The molecule has 0 aliphatic carbocycles. The highest BCUT2D eigenvalue weighted by molar-refractivity contribution is 8.01. The van der Waals surface area contributed by atoms with Crippen LogP contribution < -0.4 is 4.74 Å². The average Bonchev–Trinajstić information content (AvgIpc) is 2.80. The Balaban J connectivity index is 1.68. The number of ether oxygens (including phenoxy) is 1. The van der Waals surface area contributed by atoms with Gasteiger partial charge in [0, 0.05) is 4.75 Å². The zero-order valence-electron chi connectivity index (χ0n) is 13.3. The Labute approximate surface area is 143 Å². The minimum absolute atomic E-state index is 0.163. The molecule has 2 saturated heterocycles. The zero-order valence-corrected chi connectivity index (χ0v) is 14.1. The lowest BCUT2D eigenvalue weighted by Crippen LogP contribution is -2.58. The molecular weight excluding hydrogens is 330 g/mol. The third-order valence-corrected chi connectivity index (χ3v) is 5.56. The van der Waals surface area contributed by atoms with Crippen molar-refractivity contribution in [1.82, 2.24) is 4.90 Å². The topological polar surface area (TPSA) is 83.9 Å². The first-order valence-electron chi connectivity index (χ1n) is 7.47. The van der Waals surface area contributed by atoms with Crippen LogP contribution in [-0.2, 0) is 14.4 Å². The van der Waals surface area contributed by atoms with Crippen LogP contribution in [0.3, 0.4) is 0 Å². The van der Waals surface area contributed by atoms with Crippen molar-refractivity contribution < 1.29 is 24.2 Å². The molecule has 1 aromatic rings. The number of carboxylic acids is 1. The summed E-state index contributed by atoms with van der Waals surface area (Å²) >= 11 is 1.39. The Kier molecular flexibility index (Phi) is 4.13. The number of β-lactam (4-membered cyclic amide) rings is 1. The summed E-state index contributed by atoms with van der Waals surface area (Å²) in [5, 5.41) is 8.97. The molecule has 2 fully saturated rings. The summed E-state index contributed by atoms with van der Waals surface area (Å²) < 4.78 is 4.76. The Morgan fingerprint density at radius 2 is 2.00 bits per heavy atom. The summed E-state index contributed by atoms with van der Waals surface area (Å²) in [5.74, 6) is -1.16. The van der Waals surface area contributed by atoms with Gasteiger partial charge in [-0.2, -0.15) is 0 Å². The molecule has 6 nitrogen and oxygen atoms in total. The van der Waals surface area contributed by atoms with Gasteiger partial charge in [-0.05, 0) is 32.1 Å². The van der Waals surface area contributed by atoms with Gasteiger partial charge in [0.1, 0.15) is 17.2 Å². The number of fused-ring (bicyclic) bond motifs is 1. The molecule has 1 N–H and O–H groups in total. The van der Waals surface area contributed by atoms with E-state index in [1.54, 1.807) is 38.1 Å². The Morgan fingerprint density at radius 3 is 2.62 bits per heavy atom. The van der Waals surface area contributed by atoms with Gasteiger partial charge in [0.15, 0.2) is 12.4 Å². The van der Waals surface area contributed by atoms with Gasteiger partial charge in [-0.3, -0.25) is 9.59 Å². The maximum atomic E-state index is 12.2. The number of carbonyl (C=O) groups is 3. The van der Waals surface area contributed by atoms with Gasteiger partial charge in [0.05, 0.1) is 5.57 Å². The van der Waals surface area contributed by atoms with Crippen LogP contribution in [0.5, 0.6) is 5.75 Å². The molecule has 0 unspecified atom stereocenters. The molecule has 2 aliphatic heterocycles. The molecule has 2 heterocycles. The number of rotatable bonds is 5. The molecule has 1 aromatic carbocycles. The van der Waals surface area contributed by atoms with E-state index in [2.05, 4.69) is 0 Å². The number of nitrogens with zero attached hydrogens (tertiary/aromatic N) is 1. The lowest BCUT2D eigenvalue weighted by Gasteiger charge is -2.38. The molecule has 0 aromatic heterocycles. The summed E-state index contributed by atoms with van der Waals surface area (Å²) in [4.78, 5) is 37.0. The minimum atomic E-state index is -1.03. The van der Waals surface area contributed by atoms with E-state index in [1.807, 2.05) is 6.07 Å². The highest BCUT2D eigenvalue weighted by Crippen LogP contribution is 2.52. The van der Waals surface area contributed by atoms with Gasteiger partial charge in [-0.1, -0.05) is 18.2 Å². The van der Waals surface area contributed by atoms with Crippen molar-refractivity contribution in [1.29, 1.82) is 0 Å². The van der Waals surface area contributed by atoms with Crippen molar-refractivity contribution in [2.75, 3.05) is 6.61 Å². The maximum absolute atomic E-state index is 12.2. The van der Waals surface area contributed by atoms with Crippen LogP contribution in [0, 0.1) is 0 Å². The predicted octanol–water partition coefficient (Wildman–Crippen LogP) is 1.71. The number of amides is 1. The smallest absolute Gasteiger partial charge is 0.327 e. The summed E-state index contributed by atoms with van der Waals surface area (Å²) in [5.41, 5.74) is 0.346. The quantitative estimate of drug-likeness (QED) is 0.645. The monoisotopic (exact) mass is 347 g/mol. The first-order chi connectivity index (χ1) is 11.3. The third-order valence-electron chi connectivity index (χ3n) is 4.03. The van der Waals surface area contributed by atoms with Crippen molar-refractivity contribution in [3.8, 4) is 5.75 Å². The molecule has 1 amide bonds. The number of carboxylic acid groups (broad SMARTS) is 1. The number of hydrogen-bond acceptors (Lipinski definition) is 5. The van der Waals surface area contributed by atoms with Crippen molar-refractivity contribution in [3.05, 3.63) is 42.0 Å². The average molecular weight is 347 g/mol. The van der Waals surface area contributed by atoms with Crippen LogP contribution in [0.4, 0.5) is 0 Å². The number of para-hydroxylation sites is 1. The van der Waals surface area contributed by atoms with Crippen molar-refractivity contribution in [3.63, 3.8) is 0 Å². The van der Waals surface area contributed by atoms with Crippen LogP contribution in [-0.4, -0.2) is 50.4 Å². The van der Waals surface area contributed by atoms with E-state index in [1.165, 1.54) is 22.7 Å². The number of carbonyl (C=O) groups excluding carboxylic acids is 2. The van der Waals surface area contributed by atoms with Crippen molar-refractivity contribution >= 4 is 29.4 Å². The molecule has 7 heteroatoms. The number of benzene rings is 1. The lowest BCUT2D eigenvalue weighted by molar-refractivity contribution is -0.152. The van der Waals surface area contributed by atoms with E-state index in [0.29, 0.717) is 11.3 Å². The molecule has 3 rings (SSSR count). The van der Waals surface area contributed by atoms with E-state index in [4.69, 9.17) is 4.74 Å². The highest BCUT2D eigenvalue weighted by Gasteiger charge is 2.61. The van der Waals surface area contributed by atoms with E-state index in [0.717, 1.165) is 0 Å². The fraction of sp³-hybridized carbons (Fsp3) is 0.353. The SMILES string of the molecule is CC1(C)S[C@@H]2C(=CC(=O)COc3ccccc3)C(=O)N2[C@H]1C(=O)O. The standard InChI is InChI=1S/C17H17NO5S/c1-17(2)13(16(21)22)18-14(20)12(15(18)24-17)8-10(19)9-23-11-6-4-3-5-7-11/h3-8,13,15H,9H2,1-2H3,(H,21,22)/t13-,15+/m0/s1. The lowest BCUT2D eigenvalue weighted by atomic mass is 9.95. The normalized spacial score (nSPS) is 26.0. The van der Waals surface area contributed by atoms with Crippen LogP contribution in [0.15, 0.2) is 42.0 Å². The molecule has 0 saturated carbocycles.